The standard InChI is InChI=1S/C24H39NO3/c1-16(2)15-19-9-11-20(12-10-19)18(5)22(26)25-21(17(3)4)23(27)28-14-13-24(6,7)8/h9-12,16-18,21H,13-15H2,1-8H3,(H,25,26)/t18?,21-/m0/s1. The van der Waals surface area contributed by atoms with E-state index < -0.39 is 6.04 Å². The van der Waals surface area contributed by atoms with Gasteiger partial charge in [-0.1, -0.05) is 72.7 Å². The first kappa shape index (κ1) is 24.2. The molecule has 1 rings (SSSR count). The van der Waals surface area contributed by atoms with E-state index in [1.807, 2.05) is 32.9 Å². The largest absolute Gasteiger partial charge is 0.464 e. The van der Waals surface area contributed by atoms with Gasteiger partial charge in [0.15, 0.2) is 0 Å². The van der Waals surface area contributed by atoms with Gasteiger partial charge in [0.1, 0.15) is 6.04 Å². The van der Waals surface area contributed by atoms with Crippen molar-refractivity contribution in [2.75, 3.05) is 6.61 Å². The van der Waals surface area contributed by atoms with Crippen molar-refractivity contribution in [3.05, 3.63) is 35.4 Å². The first-order chi connectivity index (χ1) is 12.9. The van der Waals surface area contributed by atoms with E-state index in [1.54, 1.807) is 0 Å². The Morgan fingerprint density at radius 3 is 2.04 bits per heavy atom. The van der Waals surface area contributed by atoms with Crippen molar-refractivity contribution in [2.45, 2.75) is 80.2 Å². The number of carbonyl (C=O) groups is 2. The molecule has 0 spiro atoms. The third-order valence-electron chi connectivity index (χ3n) is 4.83. The van der Waals surface area contributed by atoms with E-state index in [2.05, 4.69) is 52.1 Å². The van der Waals surface area contributed by atoms with Crippen LogP contribution < -0.4 is 5.32 Å². The van der Waals surface area contributed by atoms with E-state index in [0.29, 0.717) is 12.5 Å². The summed E-state index contributed by atoms with van der Waals surface area (Å²) in [4.78, 5) is 25.2. The van der Waals surface area contributed by atoms with Gasteiger partial charge in [0.2, 0.25) is 5.91 Å². The van der Waals surface area contributed by atoms with Crippen LogP contribution in [-0.2, 0) is 20.7 Å². The monoisotopic (exact) mass is 389 g/mol. The van der Waals surface area contributed by atoms with Crippen LogP contribution in [0.1, 0.15) is 78.9 Å². The second-order valence-corrected chi connectivity index (χ2v) is 9.77. The zero-order valence-corrected chi connectivity index (χ0v) is 19.0. The van der Waals surface area contributed by atoms with E-state index in [4.69, 9.17) is 4.74 Å². The molecular formula is C24H39NO3. The number of rotatable bonds is 9. The zero-order chi connectivity index (χ0) is 21.5. The van der Waals surface area contributed by atoms with Crippen LogP contribution in [0, 0.1) is 17.3 Å². The van der Waals surface area contributed by atoms with Crippen LogP contribution >= 0.6 is 0 Å². The van der Waals surface area contributed by atoms with E-state index >= 15 is 0 Å². The van der Waals surface area contributed by atoms with Crippen LogP contribution in [0.4, 0.5) is 0 Å². The Labute approximate surface area is 171 Å². The van der Waals surface area contributed by atoms with Gasteiger partial charge in [-0.3, -0.25) is 4.79 Å². The molecule has 0 heterocycles. The van der Waals surface area contributed by atoms with Gasteiger partial charge >= 0.3 is 5.97 Å². The number of nitrogens with one attached hydrogen (secondary N) is 1. The molecule has 4 heteroatoms. The van der Waals surface area contributed by atoms with Crippen LogP contribution in [-0.4, -0.2) is 24.5 Å². The molecule has 1 aromatic carbocycles. The molecule has 158 valence electrons. The highest BCUT2D eigenvalue weighted by Crippen LogP contribution is 2.20. The Morgan fingerprint density at radius 2 is 1.57 bits per heavy atom. The van der Waals surface area contributed by atoms with Crippen molar-refractivity contribution in [1.82, 2.24) is 5.32 Å². The molecule has 0 aromatic heterocycles. The molecule has 4 nitrogen and oxygen atoms in total. The summed E-state index contributed by atoms with van der Waals surface area (Å²) in [5.74, 6) is -0.263. The maximum absolute atomic E-state index is 12.7. The summed E-state index contributed by atoms with van der Waals surface area (Å²) in [5, 5.41) is 2.90. The Hall–Kier alpha value is -1.84. The molecule has 2 atom stereocenters. The average Bonchev–Trinajstić information content (AvgIpc) is 2.57. The van der Waals surface area contributed by atoms with Gasteiger partial charge in [0, 0.05) is 0 Å². The third kappa shape index (κ3) is 8.45. The molecule has 1 aromatic rings. The number of benzene rings is 1. The van der Waals surface area contributed by atoms with E-state index in [9.17, 15) is 9.59 Å². The highest BCUT2D eigenvalue weighted by Gasteiger charge is 2.28. The van der Waals surface area contributed by atoms with E-state index in [-0.39, 0.29) is 29.1 Å². The van der Waals surface area contributed by atoms with Crippen molar-refractivity contribution >= 4 is 11.9 Å². The second kappa shape index (κ2) is 10.6. The lowest BCUT2D eigenvalue weighted by Gasteiger charge is -2.24. The Kier molecular flexibility index (Phi) is 9.19. The molecule has 0 aliphatic rings. The molecule has 0 aliphatic heterocycles. The molecular weight excluding hydrogens is 350 g/mol. The first-order valence-electron chi connectivity index (χ1n) is 10.5. The summed E-state index contributed by atoms with van der Waals surface area (Å²) in [6.07, 6.45) is 1.81. The number of hydrogen-bond acceptors (Lipinski definition) is 3. The highest BCUT2D eigenvalue weighted by atomic mass is 16.5. The number of ether oxygens (including phenoxy) is 1. The minimum Gasteiger partial charge on any atom is -0.464 e. The topological polar surface area (TPSA) is 55.4 Å². The molecule has 0 bridgehead atoms. The molecule has 28 heavy (non-hydrogen) atoms. The quantitative estimate of drug-likeness (QED) is 0.597. The number of hydrogen-bond donors (Lipinski definition) is 1. The molecule has 0 saturated heterocycles. The smallest absolute Gasteiger partial charge is 0.328 e. The molecule has 0 aliphatic carbocycles. The van der Waals surface area contributed by atoms with Gasteiger partial charge in [0.25, 0.3) is 0 Å². The SMILES string of the molecule is CC(C)Cc1ccc(C(C)C(=O)N[C@H](C(=O)OCCC(C)(C)C)C(C)C)cc1. The lowest BCUT2D eigenvalue weighted by atomic mass is 9.93. The normalized spacial score (nSPS) is 14.1. The summed E-state index contributed by atoms with van der Waals surface area (Å²) in [5.41, 5.74) is 2.33. The van der Waals surface area contributed by atoms with Crippen molar-refractivity contribution < 1.29 is 14.3 Å². The van der Waals surface area contributed by atoms with Gasteiger partial charge < -0.3 is 10.1 Å². The van der Waals surface area contributed by atoms with Crippen LogP contribution in [0.15, 0.2) is 24.3 Å². The summed E-state index contributed by atoms with van der Waals surface area (Å²) in [6.45, 7) is 16.8. The van der Waals surface area contributed by atoms with Gasteiger partial charge in [-0.15, -0.1) is 0 Å². The van der Waals surface area contributed by atoms with Gasteiger partial charge in [0.05, 0.1) is 12.5 Å². The fourth-order valence-electron chi connectivity index (χ4n) is 2.89. The minimum atomic E-state index is -0.630. The fraction of sp³-hybridized carbons (Fsp3) is 0.667. The zero-order valence-electron chi connectivity index (χ0n) is 19.0. The van der Waals surface area contributed by atoms with Gasteiger partial charge in [-0.2, -0.15) is 0 Å². The fourth-order valence-corrected chi connectivity index (χ4v) is 2.89. The van der Waals surface area contributed by atoms with Crippen LogP contribution in [0.2, 0.25) is 0 Å². The third-order valence-corrected chi connectivity index (χ3v) is 4.83. The molecule has 1 N–H and O–H groups in total. The van der Waals surface area contributed by atoms with Crippen molar-refractivity contribution in [3.63, 3.8) is 0 Å². The average molecular weight is 390 g/mol. The summed E-state index contributed by atoms with van der Waals surface area (Å²) in [7, 11) is 0. The van der Waals surface area contributed by atoms with E-state index in [1.165, 1.54) is 5.56 Å². The Morgan fingerprint density at radius 1 is 1.00 bits per heavy atom. The Bertz CT molecular complexity index is 626. The summed E-state index contributed by atoms with van der Waals surface area (Å²) >= 11 is 0. The second-order valence-electron chi connectivity index (χ2n) is 9.77. The van der Waals surface area contributed by atoms with Crippen molar-refractivity contribution in [2.24, 2.45) is 17.3 Å². The number of esters is 1. The predicted molar refractivity (Wildman–Crippen MR) is 115 cm³/mol. The minimum absolute atomic E-state index is 0.0355. The highest BCUT2D eigenvalue weighted by molar-refractivity contribution is 5.88. The Balaban J connectivity index is 2.70. The van der Waals surface area contributed by atoms with E-state index in [0.717, 1.165) is 18.4 Å². The molecule has 1 amide bonds. The van der Waals surface area contributed by atoms with Crippen LogP contribution in [0.5, 0.6) is 0 Å². The molecule has 0 saturated carbocycles. The molecule has 0 fully saturated rings. The van der Waals surface area contributed by atoms with Crippen LogP contribution in [0.3, 0.4) is 0 Å². The first-order valence-corrected chi connectivity index (χ1v) is 10.5. The van der Waals surface area contributed by atoms with Crippen molar-refractivity contribution in [3.8, 4) is 0 Å². The predicted octanol–water partition coefficient (Wildman–Crippen LogP) is 5.11. The number of carbonyl (C=O) groups excluding carboxylic acids is 2. The van der Waals surface area contributed by atoms with Crippen LogP contribution in [0.25, 0.3) is 0 Å². The molecule has 1 unspecified atom stereocenters. The van der Waals surface area contributed by atoms with Gasteiger partial charge in [-0.25, -0.2) is 4.79 Å². The van der Waals surface area contributed by atoms with Crippen molar-refractivity contribution in [1.29, 1.82) is 0 Å². The lowest BCUT2D eigenvalue weighted by Crippen LogP contribution is -2.46. The summed E-state index contributed by atoms with van der Waals surface area (Å²) < 4.78 is 5.43. The number of amides is 1. The summed E-state index contributed by atoms with van der Waals surface area (Å²) in [6, 6.07) is 7.55. The van der Waals surface area contributed by atoms with Gasteiger partial charge in [-0.05, 0) is 48.1 Å². The lowest BCUT2D eigenvalue weighted by molar-refractivity contribution is -0.149. The molecule has 0 radical (unpaired) electrons. The maximum Gasteiger partial charge on any atom is 0.328 e. The maximum atomic E-state index is 12.7.